The Hall–Kier alpha value is -3.02. The number of nitrogens with zero attached hydrogens (tertiary/aromatic N) is 2. The normalized spacial score (nSPS) is 20.4. The Balaban J connectivity index is 1.98. The van der Waals surface area contributed by atoms with E-state index in [9.17, 15) is 19.5 Å². The SMILES string of the molecule is O=C(O)CC1(c2ccccc2)CC(=O)N(Cc2cccnc2)C1=O. The minimum absolute atomic E-state index is 0.0969. The van der Waals surface area contributed by atoms with Crippen molar-refractivity contribution >= 4 is 17.8 Å². The number of carbonyl (C=O) groups is 3. The Labute approximate surface area is 138 Å². The Kier molecular flexibility index (Phi) is 4.12. The first-order chi connectivity index (χ1) is 11.5. The molecule has 1 aromatic heterocycles. The number of carbonyl (C=O) groups excluding carboxylic acids is 2. The van der Waals surface area contributed by atoms with Gasteiger partial charge in [-0.2, -0.15) is 0 Å². The second kappa shape index (κ2) is 6.23. The number of amides is 2. The van der Waals surface area contributed by atoms with E-state index < -0.39 is 23.7 Å². The summed E-state index contributed by atoms with van der Waals surface area (Å²) in [5, 5.41) is 9.29. The number of rotatable bonds is 5. The van der Waals surface area contributed by atoms with Crippen LogP contribution in [0.15, 0.2) is 54.9 Å². The number of hydrogen-bond donors (Lipinski definition) is 1. The number of imide groups is 1. The zero-order valence-corrected chi connectivity index (χ0v) is 12.9. The predicted molar refractivity (Wildman–Crippen MR) is 84.8 cm³/mol. The van der Waals surface area contributed by atoms with Crippen molar-refractivity contribution in [1.29, 1.82) is 0 Å². The second-order valence-electron chi connectivity index (χ2n) is 5.84. The first kappa shape index (κ1) is 15.9. The molecule has 1 saturated heterocycles. The monoisotopic (exact) mass is 324 g/mol. The minimum atomic E-state index is -1.34. The fraction of sp³-hybridized carbons (Fsp3) is 0.222. The molecule has 1 N–H and O–H groups in total. The lowest BCUT2D eigenvalue weighted by atomic mass is 9.76. The van der Waals surface area contributed by atoms with Gasteiger partial charge in [-0.3, -0.25) is 24.3 Å². The van der Waals surface area contributed by atoms with Crippen LogP contribution < -0.4 is 0 Å². The first-order valence-corrected chi connectivity index (χ1v) is 7.54. The maximum absolute atomic E-state index is 13.0. The number of aliphatic carboxylic acids is 1. The van der Waals surface area contributed by atoms with Gasteiger partial charge in [-0.1, -0.05) is 36.4 Å². The van der Waals surface area contributed by atoms with E-state index in [4.69, 9.17) is 0 Å². The van der Waals surface area contributed by atoms with Crippen molar-refractivity contribution in [1.82, 2.24) is 9.88 Å². The molecule has 0 saturated carbocycles. The van der Waals surface area contributed by atoms with Crippen LogP contribution in [0.2, 0.25) is 0 Å². The van der Waals surface area contributed by atoms with Crippen molar-refractivity contribution in [3.63, 3.8) is 0 Å². The van der Waals surface area contributed by atoms with E-state index in [2.05, 4.69) is 4.98 Å². The largest absolute Gasteiger partial charge is 0.481 e. The zero-order chi connectivity index (χ0) is 17.2. The van der Waals surface area contributed by atoms with Gasteiger partial charge in [0.2, 0.25) is 11.8 Å². The van der Waals surface area contributed by atoms with Crippen LogP contribution in [0.25, 0.3) is 0 Å². The third-order valence-electron chi connectivity index (χ3n) is 4.25. The van der Waals surface area contributed by atoms with Gasteiger partial charge in [0.15, 0.2) is 0 Å². The standard InChI is InChI=1S/C18H16N2O4/c21-15-9-18(10-16(22)23,14-6-2-1-3-7-14)17(24)20(15)12-13-5-4-8-19-11-13/h1-8,11H,9-10,12H2,(H,22,23). The predicted octanol–water partition coefficient (Wildman–Crippen LogP) is 1.75. The van der Waals surface area contributed by atoms with Gasteiger partial charge in [0.25, 0.3) is 0 Å². The molecular formula is C18H16N2O4. The lowest BCUT2D eigenvalue weighted by molar-refractivity contribution is -0.145. The topological polar surface area (TPSA) is 87.6 Å². The Morgan fingerprint density at radius 1 is 1.17 bits per heavy atom. The van der Waals surface area contributed by atoms with E-state index in [1.807, 2.05) is 0 Å². The number of benzene rings is 1. The summed E-state index contributed by atoms with van der Waals surface area (Å²) in [4.78, 5) is 41.9. The number of carboxylic acids is 1. The first-order valence-electron chi connectivity index (χ1n) is 7.54. The molecule has 1 fully saturated rings. The molecule has 6 heteroatoms. The van der Waals surface area contributed by atoms with Gasteiger partial charge in [0.05, 0.1) is 18.4 Å². The van der Waals surface area contributed by atoms with Crippen LogP contribution in [0, 0.1) is 0 Å². The molecule has 24 heavy (non-hydrogen) atoms. The van der Waals surface area contributed by atoms with Gasteiger partial charge in [-0.05, 0) is 17.2 Å². The van der Waals surface area contributed by atoms with Crippen molar-refractivity contribution in [2.24, 2.45) is 0 Å². The Morgan fingerprint density at radius 2 is 1.92 bits per heavy atom. The maximum Gasteiger partial charge on any atom is 0.304 e. The number of hydrogen-bond acceptors (Lipinski definition) is 4. The summed E-state index contributed by atoms with van der Waals surface area (Å²) < 4.78 is 0. The molecule has 1 aliphatic heterocycles. The highest BCUT2D eigenvalue weighted by Crippen LogP contribution is 2.40. The summed E-state index contributed by atoms with van der Waals surface area (Å²) in [5.41, 5.74) is -0.0651. The molecule has 0 bridgehead atoms. The van der Waals surface area contributed by atoms with Gasteiger partial charge < -0.3 is 5.11 Å². The van der Waals surface area contributed by atoms with Crippen LogP contribution in [-0.4, -0.2) is 32.8 Å². The quantitative estimate of drug-likeness (QED) is 0.847. The maximum atomic E-state index is 13.0. The van der Waals surface area contributed by atoms with Crippen LogP contribution in [0.1, 0.15) is 24.0 Å². The van der Waals surface area contributed by atoms with Gasteiger partial charge in [0, 0.05) is 18.8 Å². The Morgan fingerprint density at radius 3 is 2.54 bits per heavy atom. The van der Waals surface area contributed by atoms with E-state index >= 15 is 0 Å². The van der Waals surface area contributed by atoms with E-state index in [0.717, 1.165) is 10.5 Å². The average molecular weight is 324 g/mol. The number of aromatic nitrogens is 1. The third kappa shape index (κ3) is 2.78. The fourth-order valence-electron chi connectivity index (χ4n) is 3.12. The molecule has 1 atom stereocenters. The molecule has 1 unspecified atom stereocenters. The summed E-state index contributed by atoms with van der Waals surface area (Å²) in [6.07, 6.45) is 2.64. The molecule has 2 amide bonds. The number of carboxylic acid groups (broad SMARTS) is 1. The highest BCUT2D eigenvalue weighted by molar-refractivity contribution is 6.10. The summed E-state index contributed by atoms with van der Waals surface area (Å²) >= 11 is 0. The molecule has 2 heterocycles. The lowest BCUT2D eigenvalue weighted by Crippen LogP contribution is -2.39. The van der Waals surface area contributed by atoms with Crippen LogP contribution >= 0.6 is 0 Å². The van der Waals surface area contributed by atoms with Gasteiger partial charge in [-0.25, -0.2) is 0 Å². The van der Waals surface area contributed by atoms with Crippen molar-refractivity contribution in [2.45, 2.75) is 24.8 Å². The molecule has 0 radical (unpaired) electrons. The Bertz CT molecular complexity index is 776. The average Bonchev–Trinajstić information content (AvgIpc) is 2.81. The fourth-order valence-corrected chi connectivity index (χ4v) is 3.12. The van der Waals surface area contributed by atoms with Crippen LogP contribution in [0.4, 0.5) is 0 Å². The summed E-state index contributed by atoms with van der Waals surface area (Å²) in [6, 6.07) is 12.1. The van der Waals surface area contributed by atoms with Crippen molar-refractivity contribution in [3.8, 4) is 0 Å². The van der Waals surface area contributed by atoms with Crippen molar-refractivity contribution in [3.05, 3.63) is 66.0 Å². The smallest absolute Gasteiger partial charge is 0.304 e. The van der Waals surface area contributed by atoms with Crippen LogP contribution in [0.5, 0.6) is 0 Å². The van der Waals surface area contributed by atoms with E-state index in [-0.39, 0.29) is 18.9 Å². The van der Waals surface area contributed by atoms with E-state index in [0.29, 0.717) is 5.56 Å². The highest BCUT2D eigenvalue weighted by Gasteiger charge is 2.53. The molecule has 1 aromatic carbocycles. The van der Waals surface area contributed by atoms with Crippen molar-refractivity contribution in [2.75, 3.05) is 0 Å². The van der Waals surface area contributed by atoms with Crippen molar-refractivity contribution < 1.29 is 19.5 Å². The molecule has 6 nitrogen and oxygen atoms in total. The minimum Gasteiger partial charge on any atom is -0.481 e. The summed E-state index contributed by atoms with van der Waals surface area (Å²) in [7, 11) is 0. The van der Waals surface area contributed by atoms with E-state index in [1.165, 1.54) is 0 Å². The number of pyridine rings is 1. The second-order valence-corrected chi connectivity index (χ2v) is 5.84. The molecule has 0 aliphatic carbocycles. The number of likely N-dealkylation sites (tertiary alicyclic amines) is 1. The third-order valence-corrected chi connectivity index (χ3v) is 4.25. The van der Waals surface area contributed by atoms with E-state index in [1.54, 1.807) is 54.9 Å². The van der Waals surface area contributed by atoms with Crippen LogP contribution in [0.3, 0.4) is 0 Å². The van der Waals surface area contributed by atoms with Crippen LogP contribution in [-0.2, 0) is 26.3 Å². The van der Waals surface area contributed by atoms with Gasteiger partial charge in [-0.15, -0.1) is 0 Å². The van der Waals surface area contributed by atoms with Gasteiger partial charge >= 0.3 is 5.97 Å². The zero-order valence-electron chi connectivity index (χ0n) is 12.9. The van der Waals surface area contributed by atoms with Gasteiger partial charge in [0.1, 0.15) is 0 Å². The molecule has 3 rings (SSSR count). The highest BCUT2D eigenvalue weighted by atomic mass is 16.4. The summed E-state index contributed by atoms with van der Waals surface area (Å²) in [6.45, 7) is 0.0969. The molecule has 122 valence electrons. The summed E-state index contributed by atoms with van der Waals surface area (Å²) in [5.74, 6) is -1.94. The molecule has 2 aromatic rings. The molecule has 0 spiro atoms. The molecule has 1 aliphatic rings. The molecular weight excluding hydrogens is 308 g/mol. The lowest BCUT2D eigenvalue weighted by Gasteiger charge is -2.25.